The molecular weight excluding hydrogens is 388 g/mol. The number of carbonyl (C=O) groups is 1. The largest absolute Gasteiger partial charge is 0.481 e. The third-order valence-corrected chi connectivity index (χ3v) is 5.16. The molecule has 1 aromatic carbocycles. The van der Waals surface area contributed by atoms with Gasteiger partial charge < -0.3 is 24.6 Å². The van der Waals surface area contributed by atoms with Crippen molar-refractivity contribution in [3.63, 3.8) is 0 Å². The molecule has 0 radical (unpaired) electrons. The summed E-state index contributed by atoms with van der Waals surface area (Å²) in [4.78, 5) is 35.6. The van der Waals surface area contributed by atoms with Gasteiger partial charge in [0.2, 0.25) is 5.95 Å². The molecule has 10 heteroatoms. The van der Waals surface area contributed by atoms with Crippen molar-refractivity contribution in [1.29, 1.82) is 0 Å². The molecule has 3 heterocycles. The third-order valence-electron chi connectivity index (χ3n) is 5.16. The minimum atomic E-state index is -0.967. The molecule has 2 aromatic heterocycles. The predicted octanol–water partition coefficient (Wildman–Crippen LogP) is 0.979. The quantitative estimate of drug-likeness (QED) is 0.616. The molecule has 0 amide bonds. The van der Waals surface area contributed by atoms with E-state index in [1.807, 2.05) is 11.5 Å². The lowest BCUT2D eigenvalue weighted by Crippen LogP contribution is -2.44. The molecule has 0 spiro atoms. The zero-order valence-electron chi connectivity index (χ0n) is 17.0. The smallest absolute Gasteiger partial charge is 0.307 e. The Bertz CT molecular complexity index is 1150. The van der Waals surface area contributed by atoms with Gasteiger partial charge in [0, 0.05) is 45.3 Å². The Morgan fingerprint density at radius 3 is 2.67 bits per heavy atom. The molecule has 30 heavy (non-hydrogen) atoms. The number of carboxylic acid groups (broad SMARTS) is 1. The van der Waals surface area contributed by atoms with E-state index in [-0.39, 0.29) is 18.0 Å². The van der Waals surface area contributed by atoms with E-state index in [4.69, 9.17) is 9.84 Å². The molecule has 2 N–H and O–H groups in total. The van der Waals surface area contributed by atoms with Crippen LogP contribution < -0.4 is 20.5 Å². The lowest BCUT2D eigenvalue weighted by atomic mass is 10.1. The summed E-state index contributed by atoms with van der Waals surface area (Å²) in [5, 5.41) is 12.4. The number of fused-ring (bicyclic) bond motifs is 1. The Labute approximate surface area is 172 Å². The summed E-state index contributed by atoms with van der Waals surface area (Å²) in [6.45, 7) is 5.87. The number of aliphatic carboxylic acids is 1. The lowest BCUT2D eigenvalue weighted by Gasteiger charge is -2.28. The normalized spacial score (nSPS) is 14.3. The van der Waals surface area contributed by atoms with E-state index in [0.717, 1.165) is 32.1 Å². The van der Waals surface area contributed by atoms with Crippen LogP contribution in [0.2, 0.25) is 0 Å². The Kier molecular flexibility index (Phi) is 5.40. The first-order valence-electron chi connectivity index (χ1n) is 9.90. The van der Waals surface area contributed by atoms with E-state index >= 15 is 0 Å². The predicted molar refractivity (Wildman–Crippen MR) is 111 cm³/mol. The molecule has 0 atom stereocenters. The van der Waals surface area contributed by atoms with Crippen molar-refractivity contribution in [2.75, 3.05) is 31.1 Å². The molecule has 0 unspecified atom stereocenters. The number of nitrogens with zero attached hydrogens (tertiary/aromatic N) is 5. The highest BCUT2D eigenvalue weighted by molar-refractivity contribution is 5.75. The average Bonchev–Trinajstić information content (AvgIpc) is 3.12. The van der Waals surface area contributed by atoms with Gasteiger partial charge in [0.05, 0.1) is 6.42 Å². The minimum Gasteiger partial charge on any atom is -0.481 e. The van der Waals surface area contributed by atoms with E-state index in [1.165, 1.54) is 4.57 Å². The second-order valence-corrected chi connectivity index (χ2v) is 7.10. The first kappa shape index (κ1) is 19.9. The van der Waals surface area contributed by atoms with Crippen LogP contribution in [0.5, 0.6) is 11.8 Å². The van der Waals surface area contributed by atoms with Crippen LogP contribution in [0.4, 0.5) is 5.95 Å². The highest BCUT2D eigenvalue weighted by Crippen LogP contribution is 2.26. The maximum atomic E-state index is 13.1. The fourth-order valence-corrected chi connectivity index (χ4v) is 3.64. The maximum absolute atomic E-state index is 13.1. The number of para-hydroxylation sites is 1. The SMILES string of the molecule is CCn1c(N2CCNCC2)nc2nc(Oc3ccccc3CC(=O)O)n(C)c(=O)c21. The van der Waals surface area contributed by atoms with Crippen molar-refractivity contribution in [3.8, 4) is 11.8 Å². The number of piperazine rings is 1. The third kappa shape index (κ3) is 3.61. The molecule has 1 aliphatic heterocycles. The number of nitrogens with one attached hydrogen (secondary N) is 1. The van der Waals surface area contributed by atoms with E-state index in [0.29, 0.717) is 29.0 Å². The van der Waals surface area contributed by atoms with Crippen LogP contribution in [0.25, 0.3) is 11.2 Å². The number of aromatic nitrogens is 4. The number of hydrogen-bond acceptors (Lipinski definition) is 7. The summed E-state index contributed by atoms with van der Waals surface area (Å²) < 4.78 is 9.09. The molecular formula is C20H24N6O4. The summed E-state index contributed by atoms with van der Waals surface area (Å²) in [7, 11) is 1.58. The van der Waals surface area contributed by atoms with Crippen LogP contribution in [0.3, 0.4) is 0 Å². The standard InChI is InChI=1S/C20H24N6O4/c1-3-26-16-17(22-19(26)25-10-8-21-9-11-25)23-20(24(2)18(16)29)30-14-7-5-4-6-13(14)12-15(27)28/h4-7,21H,3,8-12H2,1-2H3,(H,27,28). The summed E-state index contributed by atoms with van der Waals surface area (Å²) in [6.07, 6.45) is -0.191. The van der Waals surface area contributed by atoms with E-state index in [1.54, 1.807) is 31.3 Å². The van der Waals surface area contributed by atoms with E-state index in [2.05, 4.69) is 20.2 Å². The monoisotopic (exact) mass is 412 g/mol. The van der Waals surface area contributed by atoms with Crippen LogP contribution in [0.1, 0.15) is 12.5 Å². The Morgan fingerprint density at radius 1 is 1.23 bits per heavy atom. The molecule has 0 saturated carbocycles. The Balaban J connectivity index is 1.79. The average molecular weight is 412 g/mol. The fourth-order valence-electron chi connectivity index (χ4n) is 3.64. The van der Waals surface area contributed by atoms with Gasteiger partial charge in [-0.1, -0.05) is 18.2 Å². The zero-order chi connectivity index (χ0) is 21.3. The Morgan fingerprint density at radius 2 is 1.97 bits per heavy atom. The molecule has 0 aliphatic carbocycles. The number of benzene rings is 1. The highest BCUT2D eigenvalue weighted by atomic mass is 16.5. The molecule has 158 valence electrons. The van der Waals surface area contributed by atoms with Gasteiger partial charge in [0.1, 0.15) is 5.75 Å². The van der Waals surface area contributed by atoms with Gasteiger partial charge in [-0.2, -0.15) is 9.97 Å². The molecule has 3 aromatic rings. The first-order chi connectivity index (χ1) is 14.5. The zero-order valence-corrected chi connectivity index (χ0v) is 17.0. The van der Waals surface area contributed by atoms with Crippen molar-refractivity contribution < 1.29 is 14.6 Å². The van der Waals surface area contributed by atoms with Crippen molar-refractivity contribution in [1.82, 2.24) is 24.4 Å². The number of imidazole rings is 1. The van der Waals surface area contributed by atoms with Gasteiger partial charge in [-0.3, -0.25) is 14.2 Å². The lowest BCUT2D eigenvalue weighted by molar-refractivity contribution is -0.136. The van der Waals surface area contributed by atoms with Crippen molar-refractivity contribution in [2.24, 2.45) is 7.05 Å². The summed E-state index contributed by atoms with van der Waals surface area (Å²) in [6, 6.07) is 6.88. The summed E-state index contributed by atoms with van der Waals surface area (Å²) >= 11 is 0. The van der Waals surface area contributed by atoms with Gasteiger partial charge in [-0.15, -0.1) is 0 Å². The highest BCUT2D eigenvalue weighted by Gasteiger charge is 2.23. The summed E-state index contributed by atoms with van der Waals surface area (Å²) in [5.41, 5.74) is 0.986. The molecule has 4 rings (SSSR count). The Hall–Kier alpha value is -3.40. The maximum Gasteiger partial charge on any atom is 0.307 e. The van der Waals surface area contributed by atoms with Crippen molar-refractivity contribution >= 4 is 23.1 Å². The second kappa shape index (κ2) is 8.15. The van der Waals surface area contributed by atoms with Crippen LogP contribution >= 0.6 is 0 Å². The van der Waals surface area contributed by atoms with Crippen LogP contribution in [0.15, 0.2) is 29.1 Å². The number of ether oxygens (including phenoxy) is 1. The van der Waals surface area contributed by atoms with Gasteiger partial charge >= 0.3 is 12.0 Å². The number of anilines is 1. The van der Waals surface area contributed by atoms with Crippen LogP contribution in [-0.2, 0) is 24.8 Å². The van der Waals surface area contributed by atoms with Crippen molar-refractivity contribution in [2.45, 2.75) is 19.9 Å². The molecule has 0 bridgehead atoms. The fraction of sp³-hybridized carbons (Fsp3) is 0.400. The molecule has 10 nitrogen and oxygen atoms in total. The number of rotatable bonds is 6. The van der Waals surface area contributed by atoms with Gasteiger partial charge in [-0.25, -0.2) is 0 Å². The van der Waals surface area contributed by atoms with Gasteiger partial charge in [0.25, 0.3) is 5.56 Å². The molecule has 1 aliphatic rings. The molecule has 1 saturated heterocycles. The van der Waals surface area contributed by atoms with Crippen molar-refractivity contribution in [3.05, 3.63) is 40.2 Å². The first-order valence-corrected chi connectivity index (χ1v) is 9.90. The summed E-state index contributed by atoms with van der Waals surface area (Å²) in [5.74, 6) is 0.103. The minimum absolute atomic E-state index is 0.0675. The number of hydrogen-bond donors (Lipinski definition) is 2. The van der Waals surface area contributed by atoms with E-state index < -0.39 is 5.97 Å². The van der Waals surface area contributed by atoms with Gasteiger partial charge in [0.15, 0.2) is 11.2 Å². The van der Waals surface area contributed by atoms with E-state index in [9.17, 15) is 9.59 Å². The number of carboxylic acids is 1. The second-order valence-electron chi connectivity index (χ2n) is 7.10. The number of aryl methyl sites for hydroxylation is 1. The van der Waals surface area contributed by atoms with Crippen LogP contribution in [0, 0.1) is 0 Å². The molecule has 1 fully saturated rings. The topological polar surface area (TPSA) is 115 Å². The van der Waals surface area contributed by atoms with Crippen LogP contribution in [-0.4, -0.2) is 56.4 Å². The van der Waals surface area contributed by atoms with Gasteiger partial charge in [-0.05, 0) is 13.0 Å².